The zero-order chi connectivity index (χ0) is 43.8. The van der Waals surface area contributed by atoms with Crippen LogP contribution in [0.15, 0.2) is 267 Å². The SMILES string of the molecule is c1ccc(-c2ccc(N(c3ccc(-c4ccc(-c5ccccc5)cc4-n4c5ccccc5c5ccccc54)cc3)c3cccc(-c4cccc5ccccc45)c3)c(-c3ccccc3)c2)cc1. The number of benzene rings is 11. The van der Waals surface area contributed by atoms with Gasteiger partial charge in [-0.3, -0.25) is 0 Å². The monoisotopic (exact) mass is 840 g/mol. The van der Waals surface area contributed by atoms with Crippen LogP contribution in [-0.2, 0) is 0 Å². The molecule has 12 rings (SSSR count). The predicted octanol–water partition coefficient (Wildman–Crippen LogP) is 17.7. The molecule has 0 aliphatic heterocycles. The maximum absolute atomic E-state index is 2.45. The zero-order valence-electron chi connectivity index (χ0n) is 36.3. The van der Waals surface area contributed by atoms with Gasteiger partial charge in [0.05, 0.1) is 22.4 Å². The Labute approximate surface area is 385 Å². The van der Waals surface area contributed by atoms with E-state index in [1.165, 1.54) is 66.0 Å². The van der Waals surface area contributed by atoms with Crippen LogP contribution in [0.25, 0.3) is 93.9 Å². The van der Waals surface area contributed by atoms with Gasteiger partial charge in [-0.05, 0) is 110 Å². The number of hydrogen-bond acceptors (Lipinski definition) is 1. The second-order valence-corrected chi connectivity index (χ2v) is 16.9. The van der Waals surface area contributed by atoms with Crippen LogP contribution in [0.5, 0.6) is 0 Å². The second kappa shape index (κ2) is 16.8. The van der Waals surface area contributed by atoms with Gasteiger partial charge >= 0.3 is 0 Å². The molecule has 0 aliphatic rings. The fraction of sp³-hybridized carbons (Fsp3) is 0. The molecule has 0 saturated carbocycles. The first-order chi connectivity index (χ1) is 32.7. The van der Waals surface area contributed by atoms with Crippen molar-refractivity contribution in [3.05, 3.63) is 267 Å². The van der Waals surface area contributed by atoms with Crippen LogP contribution in [0.3, 0.4) is 0 Å². The summed E-state index contributed by atoms with van der Waals surface area (Å²) in [6.45, 7) is 0. The number of fused-ring (bicyclic) bond motifs is 4. The van der Waals surface area contributed by atoms with Crippen molar-refractivity contribution in [3.8, 4) is 61.3 Å². The predicted molar refractivity (Wildman–Crippen MR) is 280 cm³/mol. The van der Waals surface area contributed by atoms with E-state index in [4.69, 9.17) is 0 Å². The summed E-state index contributed by atoms with van der Waals surface area (Å²) in [4.78, 5) is 2.43. The molecule has 11 aromatic carbocycles. The van der Waals surface area contributed by atoms with E-state index in [9.17, 15) is 0 Å². The molecule has 66 heavy (non-hydrogen) atoms. The largest absolute Gasteiger partial charge is 0.310 e. The number of rotatable bonds is 9. The minimum atomic E-state index is 1.07. The summed E-state index contributed by atoms with van der Waals surface area (Å²) in [7, 11) is 0. The highest BCUT2D eigenvalue weighted by Crippen LogP contribution is 2.45. The summed E-state index contributed by atoms with van der Waals surface area (Å²) in [5.74, 6) is 0. The highest BCUT2D eigenvalue weighted by molar-refractivity contribution is 6.10. The fourth-order valence-electron chi connectivity index (χ4n) is 9.85. The Balaban J connectivity index is 1.05. The van der Waals surface area contributed by atoms with Gasteiger partial charge in [-0.2, -0.15) is 0 Å². The number of para-hydroxylation sites is 2. The van der Waals surface area contributed by atoms with E-state index in [0.29, 0.717) is 0 Å². The van der Waals surface area contributed by atoms with Crippen LogP contribution in [0.4, 0.5) is 17.1 Å². The first kappa shape index (κ1) is 38.9. The molecule has 0 saturated heterocycles. The van der Waals surface area contributed by atoms with Crippen molar-refractivity contribution in [2.45, 2.75) is 0 Å². The summed E-state index contributed by atoms with van der Waals surface area (Å²) in [5, 5.41) is 4.96. The molecular weight excluding hydrogens is 797 g/mol. The summed E-state index contributed by atoms with van der Waals surface area (Å²) >= 11 is 0. The molecule has 0 amide bonds. The molecule has 0 fully saturated rings. The number of aromatic nitrogens is 1. The Morgan fingerprint density at radius 1 is 0.258 bits per heavy atom. The summed E-state index contributed by atoms with van der Waals surface area (Å²) < 4.78 is 2.45. The Kier molecular flexibility index (Phi) is 9.89. The van der Waals surface area contributed by atoms with Gasteiger partial charge in [-0.25, -0.2) is 0 Å². The third kappa shape index (κ3) is 7.02. The minimum Gasteiger partial charge on any atom is -0.310 e. The van der Waals surface area contributed by atoms with Gasteiger partial charge in [0.1, 0.15) is 0 Å². The summed E-state index contributed by atoms with van der Waals surface area (Å²) in [5.41, 5.74) is 18.5. The summed E-state index contributed by atoms with van der Waals surface area (Å²) in [6.07, 6.45) is 0. The Morgan fingerprint density at radius 2 is 0.758 bits per heavy atom. The normalized spacial score (nSPS) is 11.3. The third-order valence-corrected chi connectivity index (χ3v) is 13.0. The number of anilines is 3. The first-order valence-electron chi connectivity index (χ1n) is 22.7. The lowest BCUT2D eigenvalue weighted by Gasteiger charge is -2.29. The van der Waals surface area contributed by atoms with E-state index in [1.54, 1.807) is 0 Å². The molecule has 0 unspecified atom stereocenters. The maximum Gasteiger partial charge on any atom is 0.0546 e. The second-order valence-electron chi connectivity index (χ2n) is 16.9. The average Bonchev–Trinajstić information content (AvgIpc) is 3.74. The lowest BCUT2D eigenvalue weighted by atomic mass is 9.95. The molecule has 0 spiro atoms. The van der Waals surface area contributed by atoms with Crippen molar-refractivity contribution in [1.82, 2.24) is 4.57 Å². The lowest BCUT2D eigenvalue weighted by Crippen LogP contribution is -2.11. The van der Waals surface area contributed by atoms with E-state index < -0.39 is 0 Å². The van der Waals surface area contributed by atoms with Gasteiger partial charge in [0.2, 0.25) is 0 Å². The van der Waals surface area contributed by atoms with Gasteiger partial charge in [0.25, 0.3) is 0 Å². The van der Waals surface area contributed by atoms with Crippen LogP contribution in [0.1, 0.15) is 0 Å². The Hall–Kier alpha value is -8.72. The Morgan fingerprint density at radius 3 is 1.44 bits per heavy atom. The van der Waals surface area contributed by atoms with E-state index in [1.807, 2.05) is 0 Å². The molecule has 2 heteroatoms. The maximum atomic E-state index is 2.45. The molecule has 1 aromatic heterocycles. The van der Waals surface area contributed by atoms with Crippen molar-refractivity contribution in [1.29, 1.82) is 0 Å². The molecule has 0 aliphatic carbocycles. The zero-order valence-corrected chi connectivity index (χ0v) is 36.3. The van der Waals surface area contributed by atoms with Crippen molar-refractivity contribution >= 4 is 49.6 Å². The average molecular weight is 841 g/mol. The van der Waals surface area contributed by atoms with E-state index in [0.717, 1.165) is 45.0 Å². The smallest absolute Gasteiger partial charge is 0.0546 e. The van der Waals surface area contributed by atoms with E-state index in [2.05, 4.69) is 276 Å². The van der Waals surface area contributed by atoms with Crippen LogP contribution >= 0.6 is 0 Å². The van der Waals surface area contributed by atoms with Crippen molar-refractivity contribution < 1.29 is 0 Å². The standard InChI is InChI=1S/C64H44N2/c1-4-18-45(19-5-1)50-37-41-63(60(43-50)48-22-8-3-9-23-48)65(54-27-16-26-52(42-54)56-31-17-25-47-24-10-11-28-55(47)56)53-38-34-49(35-39-53)57-40-36-51(46-20-6-2-7-21-46)44-64(57)66-61-32-14-12-29-58(61)59-30-13-15-33-62(59)66/h1-44H. The molecule has 12 aromatic rings. The number of hydrogen-bond donors (Lipinski definition) is 0. The molecule has 2 nitrogen and oxygen atoms in total. The molecule has 0 bridgehead atoms. The third-order valence-electron chi connectivity index (χ3n) is 13.0. The van der Waals surface area contributed by atoms with Crippen molar-refractivity contribution in [2.24, 2.45) is 0 Å². The van der Waals surface area contributed by atoms with Gasteiger partial charge in [0.15, 0.2) is 0 Å². The van der Waals surface area contributed by atoms with E-state index in [-0.39, 0.29) is 0 Å². The minimum absolute atomic E-state index is 1.07. The quantitative estimate of drug-likeness (QED) is 0.141. The Bertz CT molecular complexity index is 3620. The van der Waals surface area contributed by atoms with Crippen LogP contribution in [-0.4, -0.2) is 4.57 Å². The fourth-order valence-corrected chi connectivity index (χ4v) is 9.85. The molecule has 0 atom stereocenters. The van der Waals surface area contributed by atoms with Crippen LogP contribution < -0.4 is 4.90 Å². The van der Waals surface area contributed by atoms with Crippen LogP contribution in [0, 0.1) is 0 Å². The van der Waals surface area contributed by atoms with Crippen LogP contribution in [0.2, 0.25) is 0 Å². The highest BCUT2D eigenvalue weighted by Gasteiger charge is 2.21. The van der Waals surface area contributed by atoms with Gasteiger partial charge in [-0.1, -0.05) is 212 Å². The van der Waals surface area contributed by atoms with Crippen molar-refractivity contribution in [2.75, 3.05) is 4.90 Å². The lowest BCUT2D eigenvalue weighted by molar-refractivity contribution is 1.18. The summed E-state index contributed by atoms with van der Waals surface area (Å²) in [6, 6.07) is 97.0. The molecule has 310 valence electrons. The van der Waals surface area contributed by atoms with Gasteiger partial charge < -0.3 is 9.47 Å². The highest BCUT2D eigenvalue weighted by atomic mass is 15.1. The molecule has 0 radical (unpaired) electrons. The van der Waals surface area contributed by atoms with E-state index >= 15 is 0 Å². The molecular formula is C64H44N2. The first-order valence-corrected chi connectivity index (χ1v) is 22.7. The van der Waals surface area contributed by atoms with Gasteiger partial charge in [0, 0.05) is 33.3 Å². The van der Waals surface area contributed by atoms with Crippen molar-refractivity contribution in [3.63, 3.8) is 0 Å². The molecule has 1 heterocycles. The molecule has 0 N–H and O–H groups in total. The number of nitrogens with zero attached hydrogens (tertiary/aromatic N) is 2. The van der Waals surface area contributed by atoms with Gasteiger partial charge in [-0.15, -0.1) is 0 Å². The topological polar surface area (TPSA) is 8.17 Å².